The molecular formula is C14H17F3N2O. The van der Waals surface area contributed by atoms with Gasteiger partial charge in [-0.15, -0.1) is 10.2 Å². The lowest BCUT2D eigenvalue weighted by atomic mass is 9.85. The number of hydrogen-bond donors (Lipinski definition) is 1. The molecule has 1 heterocycles. The largest absolute Gasteiger partial charge is 0.507 e. The number of phenolic OH excluding ortho intramolecular Hbond substituents is 1. The maximum atomic E-state index is 13.1. The Morgan fingerprint density at radius 1 is 1.05 bits per heavy atom. The van der Waals surface area contributed by atoms with Gasteiger partial charge in [-0.25, -0.2) is 0 Å². The average Bonchev–Trinajstić information content (AvgIpc) is 3.07. The molecular weight excluding hydrogens is 269 g/mol. The molecule has 1 aliphatic rings. The molecule has 6 heteroatoms. The van der Waals surface area contributed by atoms with Crippen molar-refractivity contribution in [2.75, 3.05) is 0 Å². The van der Waals surface area contributed by atoms with Crippen molar-refractivity contribution in [3.8, 4) is 5.75 Å². The normalized spacial score (nSPS) is 17.1. The smallest absolute Gasteiger partial charge is 0.442 e. The monoisotopic (exact) mass is 286 g/mol. The van der Waals surface area contributed by atoms with E-state index in [1.54, 1.807) is 13.8 Å². The van der Waals surface area contributed by atoms with Crippen LogP contribution in [0, 0.1) is 0 Å². The highest BCUT2D eigenvalue weighted by Gasteiger charge is 2.66. The summed E-state index contributed by atoms with van der Waals surface area (Å²) in [5.41, 5.74) is -1.64. The van der Waals surface area contributed by atoms with E-state index >= 15 is 0 Å². The van der Waals surface area contributed by atoms with Crippen molar-refractivity contribution in [3.63, 3.8) is 0 Å². The van der Waals surface area contributed by atoms with Gasteiger partial charge in [0.2, 0.25) is 0 Å². The SMILES string of the molecule is CC(C)c1ccc(C2(C(F)(F)F)N=N2)c(C(C)C)c1O. The first kappa shape index (κ1) is 14.8. The molecule has 1 aromatic rings. The molecule has 3 nitrogen and oxygen atoms in total. The molecule has 2 rings (SSSR count). The van der Waals surface area contributed by atoms with Crippen molar-refractivity contribution in [2.24, 2.45) is 10.2 Å². The third kappa shape index (κ3) is 2.07. The van der Waals surface area contributed by atoms with E-state index in [1.165, 1.54) is 12.1 Å². The minimum absolute atomic E-state index is 0.0245. The summed E-state index contributed by atoms with van der Waals surface area (Å²) in [5.74, 6) is -0.307. The van der Waals surface area contributed by atoms with Gasteiger partial charge in [-0.2, -0.15) is 13.2 Å². The van der Waals surface area contributed by atoms with E-state index in [1.807, 2.05) is 13.8 Å². The molecule has 0 unspecified atom stereocenters. The lowest BCUT2D eigenvalue weighted by molar-refractivity contribution is -0.166. The second-order valence-corrected chi connectivity index (χ2v) is 5.64. The predicted molar refractivity (Wildman–Crippen MR) is 68.9 cm³/mol. The van der Waals surface area contributed by atoms with Gasteiger partial charge >= 0.3 is 11.8 Å². The summed E-state index contributed by atoms with van der Waals surface area (Å²) in [6.07, 6.45) is -4.58. The number of halogens is 3. The minimum Gasteiger partial charge on any atom is -0.507 e. The molecule has 0 spiro atoms. The fourth-order valence-electron chi connectivity index (χ4n) is 2.40. The molecule has 0 amide bonds. The Morgan fingerprint density at radius 2 is 1.60 bits per heavy atom. The van der Waals surface area contributed by atoms with E-state index in [-0.39, 0.29) is 28.7 Å². The van der Waals surface area contributed by atoms with Gasteiger partial charge in [0.1, 0.15) is 5.75 Å². The van der Waals surface area contributed by atoms with Gasteiger partial charge in [0.15, 0.2) is 0 Å². The van der Waals surface area contributed by atoms with E-state index in [0.29, 0.717) is 5.56 Å². The van der Waals surface area contributed by atoms with Gasteiger partial charge in [0, 0.05) is 11.1 Å². The van der Waals surface area contributed by atoms with Crippen LogP contribution >= 0.6 is 0 Å². The fraction of sp³-hybridized carbons (Fsp3) is 0.571. The van der Waals surface area contributed by atoms with Crippen LogP contribution in [0.5, 0.6) is 5.75 Å². The number of rotatable bonds is 3. The van der Waals surface area contributed by atoms with Gasteiger partial charge < -0.3 is 5.11 Å². The summed E-state index contributed by atoms with van der Waals surface area (Å²) in [6.45, 7) is 7.25. The summed E-state index contributed by atoms with van der Waals surface area (Å²) < 4.78 is 39.4. The van der Waals surface area contributed by atoms with Gasteiger partial charge in [-0.3, -0.25) is 0 Å². The third-order valence-corrected chi connectivity index (χ3v) is 3.52. The number of benzene rings is 1. The predicted octanol–water partition coefficient (Wildman–Crippen LogP) is 4.82. The maximum absolute atomic E-state index is 13.1. The second kappa shape index (κ2) is 4.46. The van der Waals surface area contributed by atoms with Crippen molar-refractivity contribution in [1.29, 1.82) is 0 Å². The summed E-state index contributed by atoms with van der Waals surface area (Å²) in [6, 6.07) is 2.91. The van der Waals surface area contributed by atoms with Crippen molar-refractivity contribution >= 4 is 0 Å². The molecule has 0 bridgehead atoms. The van der Waals surface area contributed by atoms with E-state index in [2.05, 4.69) is 10.2 Å². The van der Waals surface area contributed by atoms with Crippen molar-refractivity contribution in [3.05, 3.63) is 28.8 Å². The van der Waals surface area contributed by atoms with Gasteiger partial charge in [-0.1, -0.05) is 39.8 Å². The topological polar surface area (TPSA) is 45.0 Å². The Hall–Kier alpha value is -1.59. The molecule has 1 N–H and O–H groups in total. The first-order valence-electron chi connectivity index (χ1n) is 6.49. The van der Waals surface area contributed by atoms with Crippen molar-refractivity contribution in [2.45, 2.75) is 51.4 Å². The van der Waals surface area contributed by atoms with Crippen LogP contribution < -0.4 is 0 Å². The zero-order valence-electron chi connectivity index (χ0n) is 11.8. The highest BCUT2D eigenvalue weighted by molar-refractivity contribution is 5.52. The Labute approximate surface area is 115 Å². The van der Waals surface area contributed by atoms with Gasteiger partial charge in [0.25, 0.3) is 0 Å². The molecule has 0 aromatic heterocycles. The van der Waals surface area contributed by atoms with Crippen LogP contribution in [0.1, 0.15) is 56.2 Å². The number of nitrogens with zero attached hydrogens (tertiary/aromatic N) is 2. The van der Waals surface area contributed by atoms with Gasteiger partial charge in [0.05, 0.1) is 0 Å². The Morgan fingerprint density at radius 3 is 1.95 bits per heavy atom. The highest BCUT2D eigenvalue weighted by Crippen LogP contribution is 2.55. The maximum Gasteiger partial charge on any atom is 0.442 e. The minimum atomic E-state index is -4.58. The Bertz CT molecular complexity index is 556. The molecule has 20 heavy (non-hydrogen) atoms. The van der Waals surface area contributed by atoms with E-state index in [0.717, 1.165) is 0 Å². The Kier molecular flexibility index (Phi) is 3.31. The van der Waals surface area contributed by atoms with Crippen LogP contribution in [0.2, 0.25) is 0 Å². The molecule has 1 aliphatic heterocycles. The molecule has 0 saturated carbocycles. The van der Waals surface area contributed by atoms with Crippen LogP contribution in [0.4, 0.5) is 13.2 Å². The molecule has 0 radical (unpaired) electrons. The van der Waals surface area contributed by atoms with Crippen molar-refractivity contribution < 1.29 is 18.3 Å². The first-order valence-corrected chi connectivity index (χ1v) is 6.49. The number of hydrogen-bond acceptors (Lipinski definition) is 3. The third-order valence-electron chi connectivity index (χ3n) is 3.52. The van der Waals surface area contributed by atoms with Gasteiger partial charge in [-0.05, 0) is 17.4 Å². The lowest BCUT2D eigenvalue weighted by Crippen LogP contribution is -2.31. The lowest BCUT2D eigenvalue weighted by Gasteiger charge is -2.23. The first-order chi connectivity index (χ1) is 9.12. The van der Waals surface area contributed by atoms with Crippen LogP contribution in [-0.2, 0) is 5.66 Å². The molecule has 1 aromatic carbocycles. The summed E-state index contributed by atoms with van der Waals surface area (Å²) >= 11 is 0. The summed E-state index contributed by atoms with van der Waals surface area (Å²) in [7, 11) is 0. The zero-order valence-corrected chi connectivity index (χ0v) is 11.8. The number of alkyl halides is 3. The molecule has 0 fully saturated rings. The van der Waals surface area contributed by atoms with Crippen LogP contribution in [-0.4, -0.2) is 11.3 Å². The standard InChI is InChI=1S/C14H17F3N2O/c1-7(2)9-5-6-10(11(8(3)4)12(9)20)13(18-19-13)14(15,16)17/h5-8,20H,1-4H3. The zero-order chi connectivity index (χ0) is 15.3. The van der Waals surface area contributed by atoms with Crippen LogP contribution in [0.15, 0.2) is 22.4 Å². The Balaban J connectivity index is 2.64. The molecule has 110 valence electrons. The molecule has 0 aliphatic carbocycles. The quantitative estimate of drug-likeness (QED) is 0.850. The average molecular weight is 286 g/mol. The van der Waals surface area contributed by atoms with E-state index < -0.39 is 11.8 Å². The fourth-order valence-corrected chi connectivity index (χ4v) is 2.40. The summed E-state index contributed by atoms with van der Waals surface area (Å²) in [4.78, 5) is 0. The molecule has 0 saturated heterocycles. The second-order valence-electron chi connectivity index (χ2n) is 5.64. The van der Waals surface area contributed by atoms with Crippen molar-refractivity contribution in [1.82, 2.24) is 0 Å². The molecule has 0 atom stereocenters. The highest BCUT2D eigenvalue weighted by atomic mass is 19.4. The van der Waals surface area contributed by atoms with Crippen LogP contribution in [0.25, 0.3) is 0 Å². The summed E-state index contributed by atoms with van der Waals surface area (Å²) in [5, 5.41) is 16.8. The van der Waals surface area contributed by atoms with E-state index in [9.17, 15) is 18.3 Å². The number of aromatic hydroxyl groups is 1. The number of phenols is 1. The van der Waals surface area contributed by atoms with E-state index in [4.69, 9.17) is 0 Å². The van der Waals surface area contributed by atoms with Crippen LogP contribution in [0.3, 0.4) is 0 Å².